The summed E-state index contributed by atoms with van der Waals surface area (Å²) < 4.78 is 0. The summed E-state index contributed by atoms with van der Waals surface area (Å²) in [6.07, 6.45) is -0.728. The van der Waals surface area contributed by atoms with Crippen LogP contribution in [0.3, 0.4) is 0 Å². The number of carbonyl (C=O) groups excluding carboxylic acids is 4. The van der Waals surface area contributed by atoms with Crippen LogP contribution >= 0.6 is 12.6 Å². The molecule has 32 heavy (non-hydrogen) atoms. The molecule has 0 saturated carbocycles. The highest BCUT2D eigenvalue weighted by Crippen LogP contribution is 2.05. The van der Waals surface area contributed by atoms with Crippen LogP contribution in [0.25, 0.3) is 0 Å². The van der Waals surface area contributed by atoms with Crippen molar-refractivity contribution in [1.29, 1.82) is 0 Å². The molecule has 0 heterocycles. The fraction of sp³-hybridized carbons (Fsp3) is 0.722. The minimum atomic E-state index is -1.46. The number of aliphatic hydroxyl groups excluding tert-OH is 1. The number of hydrogen-bond acceptors (Lipinski definition) is 9. The maximum absolute atomic E-state index is 12.7. The molecule has 0 bridgehead atoms. The molecule has 0 aromatic carbocycles. The molecule has 0 aromatic heterocycles. The Kier molecular flexibility index (Phi) is 14.2. The second-order valence-corrected chi connectivity index (χ2v) is 7.63. The quantitative estimate of drug-likeness (QED) is 0.0790. The van der Waals surface area contributed by atoms with Crippen LogP contribution < -0.4 is 33.2 Å². The number of nitrogens with one attached hydrogen (secondary N) is 3. The summed E-state index contributed by atoms with van der Waals surface area (Å²) in [6, 6.07) is -5.07. The van der Waals surface area contributed by atoms with Crippen molar-refractivity contribution in [3.63, 3.8) is 0 Å². The third-order valence-corrected chi connectivity index (χ3v) is 4.86. The van der Waals surface area contributed by atoms with Crippen LogP contribution in [0.5, 0.6) is 0 Å². The number of aliphatic hydroxyl groups is 1. The van der Waals surface area contributed by atoms with Gasteiger partial charge in [-0.25, -0.2) is 4.79 Å². The van der Waals surface area contributed by atoms with Crippen molar-refractivity contribution in [3.8, 4) is 0 Å². The van der Waals surface area contributed by atoms with E-state index in [0.29, 0.717) is 19.4 Å². The number of thiol groups is 1. The summed E-state index contributed by atoms with van der Waals surface area (Å²) in [7, 11) is 0. The fourth-order valence-electron chi connectivity index (χ4n) is 2.59. The Hall–Kier alpha value is -2.42. The van der Waals surface area contributed by atoms with Crippen LogP contribution in [0, 0.1) is 0 Å². The smallest absolute Gasteiger partial charge is 0.326 e. The number of nitrogens with two attached hydrogens (primary N) is 3. The van der Waals surface area contributed by atoms with Crippen molar-refractivity contribution in [1.82, 2.24) is 16.0 Å². The molecule has 0 fully saturated rings. The Morgan fingerprint density at radius 1 is 0.938 bits per heavy atom. The van der Waals surface area contributed by atoms with Crippen molar-refractivity contribution in [2.45, 2.75) is 69.3 Å². The largest absolute Gasteiger partial charge is 0.480 e. The van der Waals surface area contributed by atoms with E-state index in [9.17, 15) is 34.2 Å². The van der Waals surface area contributed by atoms with Crippen LogP contribution in [0.2, 0.25) is 0 Å². The molecule has 0 aliphatic rings. The van der Waals surface area contributed by atoms with Crippen molar-refractivity contribution < 1.29 is 34.2 Å². The highest BCUT2D eigenvalue weighted by Gasteiger charge is 2.32. The molecular weight excluding hydrogens is 444 g/mol. The van der Waals surface area contributed by atoms with Gasteiger partial charge in [0.15, 0.2) is 0 Å². The molecule has 11 N–H and O–H groups in total. The number of amides is 4. The molecule has 5 atom stereocenters. The van der Waals surface area contributed by atoms with Gasteiger partial charge in [0.05, 0.1) is 12.1 Å². The molecule has 14 heteroatoms. The summed E-state index contributed by atoms with van der Waals surface area (Å²) in [4.78, 5) is 59.9. The summed E-state index contributed by atoms with van der Waals surface area (Å²) in [5.74, 6) is -4.56. The average Bonchev–Trinajstić information content (AvgIpc) is 2.72. The molecular formula is C18H34N6O7S. The number of aliphatic carboxylic acids is 1. The first-order valence-electron chi connectivity index (χ1n) is 10.1. The molecule has 5 unspecified atom stereocenters. The average molecular weight is 479 g/mol. The van der Waals surface area contributed by atoms with Crippen molar-refractivity contribution in [2.24, 2.45) is 17.2 Å². The fourth-order valence-corrected chi connectivity index (χ4v) is 2.75. The zero-order valence-electron chi connectivity index (χ0n) is 18.0. The van der Waals surface area contributed by atoms with Gasteiger partial charge in [-0.3, -0.25) is 19.2 Å². The Morgan fingerprint density at radius 3 is 2.00 bits per heavy atom. The van der Waals surface area contributed by atoms with E-state index in [2.05, 4.69) is 28.6 Å². The maximum Gasteiger partial charge on any atom is 0.326 e. The van der Waals surface area contributed by atoms with Gasteiger partial charge in [0, 0.05) is 12.2 Å². The minimum Gasteiger partial charge on any atom is -0.480 e. The lowest BCUT2D eigenvalue weighted by atomic mass is 10.1. The second kappa shape index (κ2) is 15.4. The molecule has 4 amide bonds. The highest BCUT2D eigenvalue weighted by atomic mass is 32.1. The summed E-state index contributed by atoms with van der Waals surface area (Å²) in [5, 5.41) is 26.1. The number of hydrogen-bond donors (Lipinski definition) is 9. The highest BCUT2D eigenvalue weighted by molar-refractivity contribution is 7.80. The van der Waals surface area contributed by atoms with Gasteiger partial charge >= 0.3 is 5.97 Å². The van der Waals surface area contributed by atoms with Crippen LogP contribution in [-0.2, 0) is 24.0 Å². The maximum atomic E-state index is 12.7. The Morgan fingerprint density at radius 2 is 1.53 bits per heavy atom. The topological polar surface area (TPSA) is 240 Å². The number of carboxylic acids is 1. The van der Waals surface area contributed by atoms with E-state index in [1.807, 2.05) is 0 Å². The molecule has 184 valence electrons. The first kappa shape index (κ1) is 29.6. The number of carbonyl (C=O) groups is 5. The molecule has 0 radical (unpaired) electrons. The van der Waals surface area contributed by atoms with Gasteiger partial charge in [-0.15, -0.1) is 0 Å². The van der Waals surface area contributed by atoms with Crippen molar-refractivity contribution >= 4 is 42.2 Å². The van der Waals surface area contributed by atoms with Crippen LogP contribution in [-0.4, -0.2) is 82.4 Å². The number of carboxylic acid groups (broad SMARTS) is 1. The molecule has 0 rings (SSSR count). The second-order valence-electron chi connectivity index (χ2n) is 7.27. The SMILES string of the molecule is CC(O)C(NC(=O)C(N)CS)C(=O)NC(CCC(N)=O)C(=O)NC(CCCCN)C(=O)O. The monoisotopic (exact) mass is 478 g/mol. The van der Waals surface area contributed by atoms with Crippen molar-refractivity contribution in [2.75, 3.05) is 12.3 Å². The van der Waals surface area contributed by atoms with E-state index >= 15 is 0 Å². The Labute approximate surface area is 191 Å². The zero-order valence-corrected chi connectivity index (χ0v) is 18.8. The summed E-state index contributed by atoms with van der Waals surface area (Å²) in [5.41, 5.74) is 16.1. The van der Waals surface area contributed by atoms with Gasteiger partial charge in [-0.05, 0) is 39.2 Å². The number of unbranched alkanes of at least 4 members (excludes halogenated alkanes) is 1. The number of primary amides is 1. The van der Waals surface area contributed by atoms with Gasteiger partial charge < -0.3 is 43.4 Å². The Balaban J connectivity index is 5.41. The Bertz CT molecular complexity index is 664. The molecule has 0 aliphatic heterocycles. The summed E-state index contributed by atoms with van der Waals surface area (Å²) in [6.45, 7) is 1.61. The molecule has 13 nitrogen and oxygen atoms in total. The van der Waals surface area contributed by atoms with Crippen LogP contribution in [0.1, 0.15) is 39.0 Å². The standard InChI is InChI=1S/C18H34N6O7S/c1-9(25)14(24-15(27)10(20)8-32)17(29)22-11(5-6-13(21)26)16(28)23-12(18(30)31)4-2-3-7-19/h9-12,14,25,32H,2-8,19-20H2,1H3,(H2,21,26)(H,22,29)(H,23,28)(H,24,27)(H,30,31). The van der Waals surface area contributed by atoms with Crippen LogP contribution in [0.15, 0.2) is 0 Å². The minimum absolute atomic E-state index is 0.00957. The molecule has 0 aliphatic carbocycles. The molecule has 0 saturated heterocycles. The van der Waals surface area contributed by atoms with Gasteiger partial charge in [-0.2, -0.15) is 12.6 Å². The third-order valence-electron chi connectivity index (χ3n) is 4.47. The van der Waals surface area contributed by atoms with Crippen LogP contribution in [0.4, 0.5) is 0 Å². The van der Waals surface area contributed by atoms with Gasteiger partial charge in [-0.1, -0.05) is 0 Å². The zero-order chi connectivity index (χ0) is 24.8. The van der Waals surface area contributed by atoms with E-state index in [1.165, 1.54) is 6.92 Å². The normalized spacial score (nSPS) is 15.5. The number of rotatable bonds is 16. The van der Waals surface area contributed by atoms with Gasteiger partial charge in [0.2, 0.25) is 23.6 Å². The van der Waals surface area contributed by atoms with E-state index in [1.54, 1.807) is 0 Å². The van der Waals surface area contributed by atoms with E-state index in [-0.39, 0.29) is 25.0 Å². The lowest BCUT2D eigenvalue weighted by Crippen LogP contribution is -2.60. The van der Waals surface area contributed by atoms with E-state index in [4.69, 9.17) is 17.2 Å². The van der Waals surface area contributed by atoms with E-state index < -0.39 is 59.9 Å². The predicted octanol–water partition coefficient (Wildman–Crippen LogP) is -3.44. The van der Waals surface area contributed by atoms with Gasteiger partial charge in [0.1, 0.15) is 18.1 Å². The third kappa shape index (κ3) is 11.3. The van der Waals surface area contributed by atoms with E-state index in [0.717, 1.165) is 0 Å². The molecule has 0 aromatic rings. The predicted molar refractivity (Wildman–Crippen MR) is 118 cm³/mol. The lowest BCUT2D eigenvalue weighted by molar-refractivity contribution is -0.142. The first-order chi connectivity index (χ1) is 14.9. The van der Waals surface area contributed by atoms with Crippen molar-refractivity contribution in [3.05, 3.63) is 0 Å². The summed E-state index contributed by atoms with van der Waals surface area (Å²) >= 11 is 3.89. The first-order valence-corrected chi connectivity index (χ1v) is 10.7. The van der Waals surface area contributed by atoms with Gasteiger partial charge in [0.25, 0.3) is 0 Å². The lowest BCUT2D eigenvalue weighted by Gasteiger charge is -2.26. The molecule has 0 spiro atoms.